The summed E-state index contributed by atoms with van der Waals surface area (Å²) in [6.07, 6.45) is 3.72. The second-order valence-corrected chi connectivity index (χ2v) is 4.30. The van der Waals surface area contributed by atoms with Crippen LogP contribution in [0.2, 0.25) is 0 Å². The van der Waals surface area contributed by atoms with Crippen molar-refractivity contribution in [3.05, 3.63) is 53.3 Å². The van der Waals surface area contributed by atoms with Crippen LogP contribution in [0.5, 0.6) is 0 Å². The van der Waals surface area contributed by atoms with Gasteiger partial charge in [-0.15, -0.1) is 0 Å². The van der Waals surface area contributed by atoms with Gasteiger partial charge in [-0.2, -0.15) is 0 Å². The van der Waals surface area contributed by atoms with E-state index < -0.39 is 0 Å². The minimum Gasteiger partial charge on any atom is -0.264 e. The van der Waals surface area contributed by atoms with Gasteiger partial charge in [0, 0.05) is 22.3 Å². The molecule has 0 radical (unpaired) electrons. The highest BCUT2D eigenvalue weighted by Gasteiger charge is 2.03. The molecular formula is C13H8BrN. The Labute approximate surface area is 95.9 Å². The Bertz CT molecular complexity index is 592. The molecule has 1 heterocycles. The van der Waals surface area contributed by atoms with Crippen molar-refractivity contribution in [2.75, 3.05) is 0 Å². The molecule has 2 aromatic carbocycles. The van der Waals surface area contributed by atoms with Gasteiger partial charge in [0.2, 0.25) is 0 Å². The van der Waals surface area contributed by atoms with Gasteiger partial charge < -0.3 is 0 Å². The Hall–Kier alpha value is -1.41. The van der Waals surface area contributed by atoms with Gasteiger partial charge in [0.05, 0.1) is 0 Å². The first kappa shape index (κ1) is 8.86. The van der Waals surface area contributed by atoms with Gasteiger partial charge in [0.1, 0.15) is 0 Å². The predicted octanol–water partition coefficient (Wildman–Crippen LogP) is 4.15. The van der Waals surface area contributed by atoms with E-state index in [4.69, 9.17) is 0 Å². The van der Waals surface area contributed by atoms with Gasteiger partial charge in [-0.1, -0.05) is 24.3 Å². The molecule has 1 aromatic heterocycles. The van der Waals surface area contributed by atoms with Gasteiger partial charge in [-0.05, 0) is 44.2 Å². The first-order chi connectivity index (χ1) is 7.36. The zero-order valence-electron chi connectivity index (χ0n) is 7.94. The Balaban J connectivity index is 2.60. The minimum atomic E-state index is 1.13. The molecule has 3 rings (SSSR count). The van der Waals surface area contributed by atoms with Crippen LogP contribution >= 0.6 is 15.9 Å². The van der Waals surface area contributed by atoms with Gasteiger partial charge in [-0.25, -0.2) is 0 Å². The van der Waals surface area contributed by atoms with Crippen molar-refractivity contribution in [1.29, 1.82) is 0 Å². The van der Waals surface area contributed by atoms with Gasteiger partial charge >= 0.3 is 0 Å². The van der Waals surface area contributed by atoms with Crippen molar-refractivity contribution in [2.45, 2.75) is 0 Å². The van der Waals surface area contributed by atoms with Crippen LogP contribution in [-0.2, 0) is 0 Å². The molecule has 0 saturated carbocycles. The molecule has 0 atom stereocenters. The Morgan fingerprint density at radius 1 is 0.933 bits per heavy atom. The highest BCUT2D eigenvalue weighted by Crippen LogP contribution is 2.31. The van der Waals surface area contributed by atoms with Gasteiger partial charge in [-0.3, -0.25) is 4.98 Å². The SMILES string of the molecule is Brc1c2ccccc2cc2ccncc12. The van der Waals surface area contributed by atoms with Crippen LogP contribution in [0.1, 0.15) is 0 Å². The number of hydrogen-bond acceptors (Lipinski definition) is 1. The third-order valence-electron chi connectivity index (χ3n) is 2.60. The van der Waals surface area contributed by atoms with E-state index >= 15 is 0 Å². The van der Waals surface area contributed by atoms with Crippen LogP contribution in [0.3, 0.4) is 0 Å². The molecule has 2 heteroatoms. The highest BCUT2D eigenvalue weighted by molar-refractivity contribution is 9.10. The molecule has 0 aliphatic rings. The lowest BCUT2D eigenvalue weighted by Crippen LogP contribution is -1.80. The lowest BCUT2D eigenvalue weighted by molar-refractivity contribution is 1.36. The molecule has 0 spiro atoms. The summed E-state index contributed by atoms with van der Waals surface area (Å²) in [6, 6.07) is 12.6. The summed E-state index contributed by atoms with van der Waals surface area (Å²) >= 11 is 3.64. The van der Waals surface area contributed by atoms with E-state index in [0.717, 1.165) is 9.86 Å². The summed E-state index contributed by atoms with van der Waals surface area (Å²) < 4.78 is 1.13. The summed E-state index contributed by atoms with van der Waals surface area (Å²) in [5.74, 6) is 0. The average molecular weight is 258 g/mol. The van der Waals surface area contributed by atoms with E-state index in [1.165, 1.54) is 16.2 Å². The van der Waals surface area contributed by atoms with Crippen molar-refractivity contribution in [3.8, 4) is 0 Å². The number of halogens is 1. The monoisotopic (exact) mass is 257 g/mol. The van der Waals surface area contributed by atoms with E-state index in [2.05, 4.69) is 51.2 Å². The normalized spacial score (nSPS) is 11.0. The largest absolute Gasteiger partial charge is 0.264 e. The zero-order valence-corrected chi connectivity index (χ0v) is 9.53. The van der Waals surface area contributed by atoms with Crippen molar-refractivity contribution in [1.82, 2.24) is 4.98 Å². The summed E-state index contributed by atoms with van der Waals surface area (Å²) in [4.78, 5) is 4.15. The molecule has 0 saturated heterocycles. The smallest absolute Gasteiger partial charge is 0.0357 e. The number of hydrogen-bond donors (Lipinski definition) is 0. The molecule has 3 aromatic rings. The third kappa shape index (κ3) is 1.33. The van der Waals surface area contributed by atoms with E-state index in [0.29, 0.717) is 0 Å². The molecule has 0 aliphatic heterocycles. The lowest BCUT2D eigenvalue weighted by Gasteiger charge is -2.04. The van der Waals surface area contributed by atoms with Crippen molar-refractivity contribution in [3.63, 3.8) is 0 Å². The minimum absolute atomic E-state index is 1.13. The van der Waals surface area contributed by atoms with E-state index in [9.17, 15) is 0 Å². The molecule has 0 aliphatic carbocycles. The average Bonchev–Trinajstić information content (AvgIpc) is 2.30. The van der Waals surface area contributed by atoms with Gasteiger partial charge in [0.25, 0.3) is 0 Å². The predicted molar refractivity (Wildman–Crippen MR) is 66.9 cm³/mol. The van der Waals surface area contributed by atoms with E-state index in [-0.39, 0.29) is 0 Å². The standard InChI is InChI=1S/C13H8BrN/c14-13-11-4-2-1-3-9(11)7-10-5-6-15-8-12(10)13/h1-8H. The maximum absolute atomic E-state index is 4.15. The third-order valence-corrected chi connectivity index (χ3v) is 3.45. The first-order valence-corrected chi connectivity index (χ1v) is 5.56. The summed E-state index contributed by atoms with van der Waals surface area (Å²) in [7, 11) is 0. The number of fused-ring (bicyclic) bond motifs is 2. The molecule has 72 valence electrons. The Kier molecular flexibility index (Phi) is 1.96. The number of nitrogens with zero attached hydrogens (tertiary/aromatic N) is 1. The van der Waals surface area contributed by atoms with Crippen molar-refractivity contribution < 1.29 is 0 Å². The van der Waals surface area contributed by atoms with Crippen LogP contribution in [-0.4, -0.2) is 4.98 Å². The van der Waals surface area contributed by atoms with Crippen LogP contribution in [0, 0.1) is 0 Å². The Morgan fingerprint density at radius 2 is 1.73 bits per heavy atom. The molecular weight excluding hydrogens is 250 g/mol. The number of rotatable bonds is 0. The second kappa shape index (κ2) is 3.31. The van der Waals surface area contributed by atoms with Crippen molar-refractivity contribution >= 4 is 37.5 Å². The van der Waals surface area contributed by atoms with Crippen LogP contribution in [0.25, 0.3) is 21.5 Å². The fraction of sp³-hybridized carbons (Fsp3) is 0. The maximum atomic E-state index is 4.15. The summed E-state index contributed by atoms with van der Waals surface area (Å²) in [5, 5.41) is 4.87. The summed E-state index contributed by atoms with van der Waals surface area (Å²) in [5.41, 5.74) is 0. The van der Waals surface area contributed by atoms with Gasteiger partial charge in [0.15, 0.2) is 0 Å². The van der Waals surface area contributed by atoms with Crippen LogP contribution < -0.4 is 0 Å². The molecule has 0 bridgehead atoms. The summed E-state index contributed by atoms with van der Waals surface area (Å²) in [6.45, 7) is 0. The van der Waals surface area contributed by atoms with Crippen LogP contribution in [0.15, 0.2) is 53.3 Å². The lowest BCUT2D eigenvalue weighted by atomic mass is 10.1. The fourth-order valence-electron chi connectivity index (χ4n) is 1.85. The number of aromatic nitrogens is 1. The van der Waals surface area contributed by atoms with E-state index in [1.807, 2.05) is 18.5 Å². The molecule has 15 heavy (non-hydrogen) atoms. The Morgan fingerprint density at radius 3 is 2.67 bits per heavy atom. The molecule has 1 nitrogen and oxygen atoms in total. The second-order valence-electron chi connectivity index (χ2n) is 3.51. The van der Waals surface area contributed by atoms with E-state index in [1.54, 1.807) is 0 Å². The fourth-order valence-corrected chi connectivity index (χ4v) is 2.54. The maximum Gasteiger partial charge on any atom is 0.0357 e. The highest BCUT2D eigenvalue weighted by atomic mass is 79.9. The van der Waals surface area contributed by atoms with Crippen molar-refractivity contribution in [2.24, 2.45) is 0 Å². The molecule has 0 fully saturated rings. The van der Waals surface area contributed by atoms with Crippen LogP contribution in [0.4, 0.5) is 0 Å². The zero-order chi connectivity index (χ0) is 10.3. The molecule has 0 amide bonds. The number of pyridine rings is 1. The molecule has 0 unspecified atom stereocenters. The molecule has 0 N–H and O–H groups in total. The first-order valence-electron chi connectivity index (χ1n) is 4.77. The topological polar surface area (TPSA) is 12.9 Å². The number of benzene rings is 2. The quantitative estimate of drug-likeness (QED) is 0.552.